The van der Waals surface area contributed by atoms with Crippen LogP contribution in [0.4, 0.5) is 32.0 Å². The highest BCUT2D eigenvalue weighted by Crippen LogP contribution is 2.25. The summed E-state index contributed by atoms with van der Waals surface area (Å²) in [5.74, 6) is -2.44. The monoisotopic (exact) mass is 363 g/mol. The van der Waals surface area contributed by atoms with E-state index in [0.29, 0.717) is 4.90 Å². The predicted octanol–water partition coefficient (Wildman–Crippen LogP) is 4.64. The maximum atomic E-state index is 13.8. The molecule has 0 aliphatic carbocycles. The first-order valence-electron chi connectivity index (χ1n) is 6.88. The van der Waals surface area contributed by atoms with Crippen LogP contribution in [0.2, 0.25) is 0 Å². The quantitative estimate of drug-likeness (QED) is 0.725. The van der Waals surface area contributed by atoms with Gasteiger partial charge in [-0.3, -0.25) is 9.69 Å². The third-order valence-corrected chi connectivity index (χ3v) is 3.04. The SMILES string of the molecule is O=C(c1ccc(OC(F)(F)F)cc1)N(CC(F)F)c1ccccc1F. The smallest absolute Gasteiger partial charge is 0.406 e. The van der Waals surface area contributed by atoms with E-state index >= 15 is 0 Å². The summed E-state index contributed by atoms with van der Waals surface area (Å²) in [7, 11) is 0. The van der Waals surface area contributed by atoms with Crippen LogP contribution >= 0.6 is 0 Å². The largest absolute Gasteiger partial charge is 0.573 e. The van der Waals surface area contributed by atoms with Crippen LogP contribution in [0.3, 0.4) is 0 Å². The summed E-state index contributed by atoms with van der Waals surface area (Å²) in [6.45, 7) is -1.07. The number of carbonyl (C=O) groups excluding carboxylic acids is 1. The van der Waals surface area contributed by atoms with Gasteiger partial charge in [0.25, 0.3) is 12.3 Å². The van der Waals surface area contributed by atoms with Gasteiger partial charge in [-0.1, -0.05) is 12.1 Å². The number of para-hydroxylation sites is 1. The van der Waals surface area contributed by atoms with Crippen LogP contribution in [0.15, 0.2) is 48.5 Å². The van der Waals surface area contributed by atoms with Crippen molar-refractivity contribution < 1.29 is 35.9 Å². The van der Waals surface area contributed by atoms with Crippen LogP contribution in [0.25, 0.3) is 0 Å². The molecule has 0 N–H and O–H groups in total. The molecule has 0 aromatic heterocycles. The normalized spacial score (nSPS) is 11.5. The molecule has 0 atom stereocenters. The van der Waals surface area contributed by atoms with Crippen molar-refractivity contribution in [3.05, 3.63) is 59.9 Å². The Morgan fingerprint density at radius 3 is 2.16 bits per heavy atom. The van der Waals surface area contributed by atoms with E-state index < -0.39 is 36.8 Å². The fourth-order valence-electron chi connectivity index (χ4n) is 2.05. The van der Waals surface area contributed by atoms with Gasteiger partial charge in [0, 0.05) is 5.56 Å². The first-order valence-corrected chi connectivity index (χ1v) is 6.88. The Morgan fingerprint density at radius 1 is 1.04 bits per heavy atom. The van der Waals surface area contributed by atoms with Gasteiger partial charge in [0.2, 0.25) is 0 Å². The first-order chi connectivity index (χ1) is 11.7. The first kappa shape index (κ1) is 18.6. The van der Waals surface area contributed by atoms with E-state index in [0.717, 1.165) is 36.4 Å². The summed E-state index contributed by atoms with van der Waals surface area (Å²) < 4.78 is 79.4. The zero-order valence-electron chi connectivity index (χ0n) is 12.4. The maximum Gasteiger partial charge on any atom is 0.573 e. The third-order valence-electron chi connectivity index (χ3n) is 3.04. The summed E-state index contributed by atoms with van der Waals surface area (Å²) in [6.07, 6.45) is -7.84. The molecular weight excluding hydrogens is 352 g/mol. The van der Waals surface area contributed by atoms with Gasteiger partial charge in [-0.05, 0) is 36.4 Å². The highest BCUT2D eigenvalue weighted by Gasteiger charge is 2.31. The fraction of sp³-hybridized carbons (Fsp3) is 0.188. The third kappa shape index (κ3) is 5.13. The topological polar surface area (TPSA) is 29.5 Å². The summed E-state index contributed by atoms with van der Waals surface area (Å²) in [4.78, 5) is 12.9. The van der Waals surface area contributed by atoms with Crippen molar-refractivity contribution in [2.24, 2.45) is 0 Å². The summed E-state index contributed by atoms with van der Waals surface area (Å²) in [5.41, 5.74) is -0.554. The second-order valence-electron chi connectivity index (χ2n) is 4.83. The lowest BCUT2D eigenvalue weighted by Crippen LogP contribution is -2.35. The standard InChI is InChI=1S/C16H11F6NO2/c17-12-3-1-2-4-13(12)23(9-14(18)19)15(24)10-5-7-11(8-6-10)25-16(20,21)22/h1-8,14H,9H2. The molecule has 0 bridgehead atoms. The van der Waals surface area contributed by atoms with Gasteiger partial charge in [0.15, 0.2) is 0 Å². The molecule has 0 saturated heterocycles. The van der Waals surface area contributed by atoms with E-state index in [-0.39, 0.29) is 11.3 Å². The van der Waals surface area contributed by atoms with Gasteiger partial charge in [0.1, 0.15) is 11.6 Å². The van der Waals surface area contributed by atoms with Crippen molar-refractivity contribution in [1.82, 2.24) is 0 Å². The molecule has 0 heterocycles. The van der Waals surface area contributed by atoms with Crippen molar-refractivity contribution in [3.63, 3.8) is 0 Å². The average Bonchev–Trinajstić information content (AvgIpc) is 2.52. The Bertz CT molecular complexity index is 730. The van der Waals surface area contributed by atoms with Crippen molar-refractivity contribution >= 4 is 11.6 Å². The molecule has 9 heteroatoms. The number of halogens is 6. The number of anilines is 1. The maximum absolute atomic E-state index is 13.8. The lowest BCUT2D eigenvalue weighted by atomic mass is 10.1. The molecule has 134 valence electrons. The van der Waals surface area contributed by atoms with Gasteiger partial charge in [-0.25, -0.2) is 13.2 Å². The Labute approximate surface area is 138 Å². The lowest BCUT2D eigenvalue weighted by Gasteiger charge is -2.23. The summed E-state index contributed by atoms with van der Waals surface area (Å²) in [6, 6.07) is 8.52. The zero-order valence-corrected chi connectivity index (χ0v) is 12.4. The number of ether oxygens (including phenoxy) is 1. The number of alkyl halides is 5. The Hall–Kier alpha value is -2.71. The van der Waals surface area contributed by atoms with Crippen LogP contribution in [0.5, 0.6) is 5.75 Å². The van der Waals surface area contributed by atoms with Crippen molar-refractivity contribution in [3.8, 4) is 5.75 Å². The number of rotatable bonds is 5. The highest BCUT2D eigenvalue weighted by atomic mass is 19.4. The van der Waals surface area contributed by atoms with Crippen molar-refractivity contribution in [1.29, 1.82) is 0 Å². The molecule has 25 heavy (non-hydrogen) atoms. The van der Waals surface area contributed by atoms with Gasteiger partial charge < -0.3 is 4.74 Å². The highest BCUT2D eigenvalue weighted by molar-refractivity contribution is 6.06. The number of hydrogen-bond acceptors (Lipinski definition) is 2. The van der Waals surface area contributed by atoms with Gasteiger partial charge in [-0.2, -0.15) is 0 Å². The van der Waals surface area contributed by atoms with Crippen LogP contribution in [0.1, 0.15) is 10.4 Å². The van der Waals surface area contributed by atoms with E-state index in [2.05, 4.69) is 4.74 Å². The molecule has 1 amide bonds. The second kappa shape index (κ2) is 7.45. The van der Waals surface area contributed by atoms with Crippen LogP contribution in [-0.2, 0) is 0 Å². The molecule has 3 nitrogen and oxygen atoms in total. The summed E-state index contributed by atoms with van der Waals surface area (Å²) >= 11 is 0. The molecule has 0 fully saturated rings. The van der Waals surface area contributed by atoms with Crippen LogP contribution < -0.4 is 9.64 Å². The number of nitrogens with zero attached hydrogens (tertiary/aromatic N) is 1. The van der Waals surface area contributed by atoms with Gasteiger partial charge >= 0.3 is 6.36 Å². The van der Waals surface area contributed by atoms with Gasteiger partial charge in [-0.15, -0.1) is 13.2 Å². The van der Waals surface area contributed by atoms with Crippen molar-refractivity contribution in [2.75, 3.05) is 11.4 Å². The molecule has 0 aliphatic rings. The Balaban J connectivity index is 2.29. The molecule has 0 unspecified atom stereocenters. The molecule has 2 rings (SSSR count). The second-order valence-corrected chi connectivity index (χ2v) is 4.83. The van der Waals surface area contributed by atoms with E-state index in [1.165, 1.54) is 12.1 Å². The number of carbonyl (C=O) groups is 1. The van der Waals surface area contributed by atoms with E-state index in [1.807, 2.05) is 0 Å². The molecule has 2 aromatic rings. The number of hydrogen-bond donors (Lipinski definition) is 0. The number of amides is 1. The minimum atomic E-state index is -4.90. The van der Waals surface area contributed by atoms with E-state index in [9.17, 15) is 31.1 Å². The van der Waals surface area contributed by atoms with Crippen molar-refractivity contribution in [2.45, 2.75) is 12.8 Å². The molecule has 2 aromatic carbocycles. The predicted molar refractivity (Wildman–Crippen MR) is 77.2 cm³/mol. The lowest BCUT2D eigenvalue weighted by molar-refractivity contribution is -0.274. The molecule has 0 spiro atoms. The van der Waals surface area contributed by atoms with Gasteiger partial charge in [0.05, 0.1) is 12.2 Å². The minimum Gasteiger partial charge on any atom is -0.406 e. The van der Waals surface area contributed by atoms with Crippen LogP contribution in [0, 0.1) is 5.82 Å². The van der Waals surface area contributed by atoms with E-state index in [4.69, 9.17) is 0 Å². The molecule has 0 aliphatic heterocycles. The zero-order chi connectivity index (χ0) is 18.6. The fourth-order valence-corrected chi connectivity index (χ4v) is 2.05. The molecular formula is C16H11F6NO2. The average molecular weight is 363 g/mol. The minimum absolute atomic E-state index is 0.196. The van der Waals surface area contributed by atoms with E-state index in [1.54, 1.807) is 0 Å². The van der Waals surface area contributed by atoms with Crippen LogP contribution in [-0.4, -0.2) is 25.2 Å². The molecule has 0 saturated carbocycles. The number of benzene rings is 2. The Morgan fingerprint density at radius 2 is 1.64 bits per heavy atom. The Kier molecular flexibility index (Phi) is 5.55. The summed E-state index contributed by atoms with van der Waals surface area (Å²) in [5, 5.41) is 0. The molecule has 0 radical (unpaired) electrons.